The van der Waals surface area contributed by atoms with E-state index in [-0.39, 0.29) is 19.2 Å². The van der Waals surface area contributed by atoms with Crippen LogP contribution in [0.4, 0.5) is 0 Å². The third-order valence-electron chi connectivity index (χ3n) is 4.74. The van der Waals surface area contributed by atoms with E-state index >= 15 is 0 Å². The van der Waals surface area contributed by atoms with Crippen molar-refractivity contribution in [3.05, 3.63) is 11.6 Å². The number of carbonyl (C=O) groups excluding carboxylic acids is 1. The quantitative estimate of drug-likeness (QED) is 0.346. The molecule has 0 unspecified atom stereocenters. The molecule has 1 fully saturated rings. The Labute approximate surface area is 140 Å². The van der Waals surface area contributed by atoms with Crippen LogP contribution >= 0.6 is 0 Å². The Hall–Kier alpha value is -0.870. The highest BCUT2D eigenvalue weighted by Crippen LogP contribution is 2.30. The van der Waals surface area contributed by atoms with Gasteiger partial charge >= 0.3 is 5.97 Å². The van der Waals surface area contributed by atoms with Crippen LogP contribution < -0.4 is 0 Å². The van der Waals surface area contributed by atoms with Crippen molar-refractivity contribution in [1.82, 2.24) is 0 Å². The molecular formula is C19H34O4. The van der Waals surface area contributed by atoms with E-state index in [1.807, 2.05) is 6.92 Å². The van der Waals surface area contributed by atoms with E-state index in [1.54, 1.807) is 0 Å². The third kappa shape index (κ3) is 9.11. The van der Waals surface area contributed by atoms with Gasteiger partial charge in [0.1, 0.15) is 0 Å². The smallest absolute Gasteiger partial charge is 0.333 e. The maximum atomic E-state index is 12.0. The van der Waals surface area contributed by atoms with Crippen molar-refractivity contribution in [1.29, 1.82) is 0 Å². The van der Waals surface area contributed by atoms with E-state index in [0.717, 1.165) is 69.8 Å². The van der Waals surface area contributed by atoms with Gasteiger partial charge in [0.15, 0.2) is 0 Å². The monoisotopic (exact) mass is 326 g/mol. The number of aliphatic hydroxyl groups excluding tert-OH is 2. The van der Waals surface area contributed by atoms with Crippen LogP contribution in [0.2, 0.25) is 0 Å². The molecule has 0 amide bonds. The summed E-state index contributed by atoms with van der Waals surface area (Å²) in [6.07, 6.45) is 12.5. The van der Waals surface area contributed by atoms with Gasteiger partial charge in [-0.1, -0.05) is 31.8 Å². The Morgan fingerprint density at radius 3 is 2.22 bits per heavy atom. The number of aliphatic hydroxyl groups is 2. The molecule has 0 aromatic rings. The summed E-state index contributed by atoms with van der Waals surface area (Å²) in [7, 11) is 0. The number of hydrogen-bond donors (Lipinski definition) is 2. The van der Waals surface area contributed by atoms with Crippen LogP contribution in [0.15, 0.2) is 11.6 Å². The largest absolute Gasteiger partial charge is 0.462 e. The fraction of sp³-hybridized carbons (Fsp3) is 0.842. The first-order valence-corrected chi connectivity index (χ1v) is 9.24. The maximum Gasteiger partial charge on any atom is 0.333 e. The Morgan fingerprint density at radius 1 is 1.00 bits per heavy atom. The van der Waals surface area contributed by atoms with E-state index in [4.69, 9.17) is 14.9 Å². The molecule has 1 aliphatic carbocycles. The first-order chi connectivity index (χ1) is 11.2. The van der Waals surface area contributed by atoms with Crippen molar-refractivity contribution in [2.75, 3.05) is 19.8 Å². The summed E-state index contributed by atoms with van der Waals surface area (Å²) in [5, 5.41) is 17.8. The second-order valence-electron chi connectivity index (χ2n) is 6.79. The molecule has 0 atom stereocenters. The van der Waals surface area contributed by atoms with E-state index in [0.29, 0.717) is 18.4 Å². The van der Waals surface area contributed by atoms with Crippen LogP contribution in [0.25, 0.3) is 0 Å². The highest BCUT2D eigenvalue weighted by Gasteiger charge is 2.20. The lowest BCUT2D eigenvalue weighted by Gasteiger charge is -2.25. The summed E-state index contributed by atoms with van der Waals surface area (Å²) in [6, 6.07) is 0. The number of ether oxygens (including phenoxy) is 1. The molecule has 0 heterocycles. The zero-order valence-electron chi connectivity index (χ0n) is 14.6. The van der Waals surface area contributed by atoms with Crippen molar-refractivity contribution in [2.24, 2.45) is 11.8 Å². The zero-order valence-corrected chi connectivity index (χ0v) is 14.6. The molecular weight excluding hydrogens is 292 g/mol. The van der Waals surface area contributed by atoms with Gasteiger partial charge in [-0.15, -0.1) is 0 Å². The second-order valence-corrected chi connectivity index (χ2v) is 6.79. The maximum absolute atomic E-state index is 12.0. The zero-order chi connectivity index (χ0) is 16.9. The predicted octanol–water partition coefficient (Wildman–Crippen LogP) is 3.61. The van der Waals surface area contributed by atoms with Gasteiger partial charge in [0, 0.05) is 18.8 Å². The SMILES string of the molecule is CC(=CC1CCC(CO)CC1)C(=O)OCCCCCCCCO. The lowest BCUT2D eigenvalue weighted by Crippen LogP contribution is -2.17. The van der Waals surface area contributed by atoms with Crippen LogP contribution in [0.5, 0.6) is 0 Å². The average molecular weight is 326 g/mol. The van der Waals surface area contributed by atoms with Gasteiger partial charge in [-0.2, -0.15) is 0 Å². The second kappa shape index (κ2) is 12.5. The topological polar surface area (TPSA) is 66.8 Å². The Balaban J connectivity index is 2.10. The molecule has 4 heteroatoms. The first kappa shape index (κ1) is 20.2. The van der Waals surface area contributed by atoms with Gasteiger partial charge in [0.25, 0.3) is 0 Å². The molecule has 23 heavy (non-hydrogen) atoms. The number of esters is 1. The standard InChI is InChI=1S/C19H34O4/c1-16(14-17-8-10-18(15-21)11-9-17)19(22)23-13-7-5-3-2-4-6-12-20/h14,17-18,20-21H,2-13,15H2,1H3. The Morgan fingerprint density at radius 2 is 1.61 bits per heavy atom. The lowest BCUT2D eigenvalue weighted by atomic mass is 9.82. The lowest BCUT2D eigenvalue weighted by molar-refractivity contribution is -0.139. The van der Waals surface area contributed by atoms with E-state index in [9.17, 15) is 4.79 Å². The number of allylic oxidation sites excluding steroid dienone is 1. The average Bonchev–Trinajstić information content (AvgIpc) is 2.57. The van der Waals surface area contributed by atoms with Gasteiger partial charge in [-0.25, -0.2) is 4.79 Å². The van der Waals surface area contributed by atoms with Gasteiger partial charge in [-0.05, 0) is 57.3 Å². The van der Waals surface area contributed by atoms with Crippen molar-refractivity contribution < 1.29 is 19.7 Å². The normalized spacial score (nSPS) is 22.1. The van der Waals surface area contributed by atoms with Crippen LogP contribution in [-0.4, -0.2) is 36.0 Å². The van der Waals surface area contributed by atoms with Crippen molar-refractivity contribution in [3.8, 4) is 0 Å². The molecule has 1 saturated carbocycles. The van der Waals surface area contributed by atoms with Gasteiger partial charge in [0.05, 0.1) is 6.61 Å². The minimum atomic E-state index is -0.186. The summed E-state index contributed by atoms with van der Waals surface area (Å²) < 4.78 is 5.33. The molecule has 0 saturated heterocycles. The molecule has 0 spiro atoms. The fourth-order valence-electron chi connectivity index (χ4n) is 3.16. The highest BCUT2D eigenvalue weighted by molar-refractivity contribution is 5.87. The molecule has 1 aliphatic rings. The molecule has 4 nitrogen and oxygen atoms in total. The van der Waals surface area contributed by atoms with Crippen LogP contribution in [-0.2, 0) is 9.53 Å². The Bertz CT molecular complexity index is 343. The fourth-order valence-corrected chi connectivity index (χ4v) is 3.16. The minimum Gasteiger partial charge on any atom is -0.462 e. The van der Waals surface area contributed by atoms with Gasteiger partial charge in [-0.3, -0.25) is 0 Å². The van der Waals surface area contributed by atoms with Crippen molar-refractivity contribution in [3.63, 3.8) is 0 Å². The first-order valence-electron chi connectivity index (χ1n) is 9.24. The molecule has 2 N–H and O–H groups in total. The highest BCUT2D eigenvalue weighted by atomic mass is 16.5. The molecule has 0 bridgehead atoms. The third-order valence-corrected chi connectivity index (χ3v) is 4.74. The van der Waals surface area contributed by atoms with E-state index < -0.39 is 0 Å². The number of carbonyl (C=O) groups is 1. The Kier molecular flexibility index (Phi) is 11.0. The molecule has 0 aromatic carbocycles. The van der Waals surface area contributed by atoms with Crippen molar-refractivity contribution >= 4 is 5.97 Å². The number of rotatable bonds is 11. The van der Waals surface area contributed by atoms with Gasteiger partial charge < -0.3 is 14.9 Å². The summed E-state index contributed by atoms with van der Waals surface area (Å²) in [5.74, 6) is 0.718. The number of hydrogen-bond acceptors (Lipinski definition) is 4. The summed E-state index contributed by atoms with van der Waals surface area (Å²) >= 11 is 0. The molecule has 0 radical (unpaired) electrons. The number of unbranched alkanes of at least 4 members (excludes halogenated alkanes) is 5. The van der Waals surface area contributed by atoms with Gasteiger partial charge in [0.2, 0.25) is 0 Å². The summed E-state index contributed by atoms with van der Waals surface area (Å²) in [6.45, 7) is 2.92. The minimum absolute atomic E-state index is 0.186. The molecule has 0 aromatic heterocycles. The summed E-state index contributed by atoms with van der Waals surface area (Å²) in [5.41, 5.74) is 0.723. The van der Waals surface area contributed by atoms with E-state index in [1.165, 1.54) is 0 Å². The summed E-state index contributed by atoms with van der Waals surface area (Å²) in [4.78, 5) is 12.0. The van der Waals surface area contributed by atoms with Crippen LogP contribution in [0, 0.1) is 11.8 Å². The molecule has 1 rings (SSSR count). The molecule has 0 aliphatic heterocycles. The van der Waals surface area contributed by atoms with Crippen LogP contribution in [0.3, 0.4) is 0 Å². The van der Waals surface area contributed by atoms with Crippen molar-refractivity contribution in [2.45, 2.75) is 71.1 Å². The molecule has 134 valence electrons. The van der Waals surface area contributed by atoms with Crippen LogP contribution in [0.1, 0.15) is 71.1 Å². The van der Waals surface area contributed by atoms with E-state index in [2.05, 4.69) is 6.08 Å². The predicted molar refractivity (Wildman–Crippen MR) is 92.0 cm³/mol.